The molecule has 140 valence electrons. The maximum atomic E-state index is 13.6. The van der Waals surface area contributed by atoms with Crippen molar-refractivity contribution in [2.24, 2.45) is 0 Å². The molecule has 0 aliphatic heterocycles. The van der Waals surface area contributed by atoms with Crippen LogP contribution >= 0.6 is 0 Å². The Bertz CT molecular complexity index is 1020. The van der Waals surface area contributed by atoms with Crippen LogP contribution in [0, 0.1) is 13.8 Å². The third-order valence-corrected chi connectivity index (χ3v) is 6.39. The summed E-state index contributed by atoms with van der Waals surface area (Å²) in [5, 5.41) is 0. The van der Waals surface area contributed by atoms with Crippen molar-refractivity contribution < 1.29 is 13.2 Å². The molecule has 4 nitrogen and oxygen atoms in total. The van der Waals surface area contributed by atoms with Gasteiger partial charge in [-0.3, -0.25) is 4.31 Å². The molecule has 5 heteroatoms. The summed E-state index contributed by atoms with van der Waals surface area (Å²) in [6, 6.07) is 22.2. The Morgan fingerprint density at radius 2 is 1.44 bits per heavy atom. The fourth-order valence-electron chi connectivity index (χ4n) is 3.09. The van der Waals surface area contributed by atoms with Crippen LogP contribution in [0.4, 0.5) is 5.69 Å². The van der Waals surface area contributed by atoms with Crippen molar-refractivity contribution in [1.29, 1.82) is 0 Å². The molecule has 0 saturated heterocycles. The molecule has 0 aliphatic rings. The molecule has 0 N–H and O–H groups in total. The second-order valence-corrected chi connectivity index (χ2v) is 8.25. The summed E-state index contributed by atoms with van der Waals surface area (Å²) in [6.45, 7) is 3.97. The lowest BCUT2D eigenvalue weighted by molar-refractivity contribution is 0.410. The number of anilines is 1. The molecular formula is C22H23NO3S. The number of nitrogens with zero attached hydrogens (tertiary/aromatic N) is 1. The minimum absolute atomic E-state index is 0.253. The van der Waals surface area contributed by atoms with Crippen LogP contribution in [0.15, 0.2) is 77.7 Å². The zero-order valence-electron chi connectivity index (χ0n) is 15.7. The van der Waals surface area contributed by atoms with Crippen molar-refractivity contribution in [2.75, 3.05) is 11.4 Å². The topological polar surface area (TPSA) is 46.6 Å². The zero-order chi connectivity index (χ0) is 19.4. The number of aryl methyl sites for hydroxylation is 2. The Hall–Kier alpha value is -2.79. The van der Waals surface area contributed by atoms with Gasteiger partial charge in [0, 0.05) is 6.07 Å². The minimum Gasteiger partial charge on any atom is -0.496 e. The average molecular weight is 381 g/mol. The number of hydrogen-bond donors (Lipinski definition) is 0. The average Bonchev–Trinajstić information content (AvgIpc) is 2.67. The SMILES string of the molecule is COc1cc(S(=O)(=O)N(Cc2ccccc2)c2ccccc2)c(C)cc1C. The Balaban J connectivity index is 2.14. The number of ether oxygens (including phenoxy) is 1. The lowest BCUT2D eigenvalue weighted by Crippen LogP contribution is -2.31. The summed E-state index contributed by atoms with van der Waals surface area (Å²) in [4.78, 5) is 0.254. The van der Waals surface area contributed by atoms with Gasteiger partial charge in [0.15, 0.2) is 0 Å². The van der Waals surface area contributed by atoms with Crippen LogP contribution < -0.4 is 9.04 Å². The molecule has 0 spiro atoms. The lowest BCUT2D eigenvalue weighted by Gasteiger charge is -2.26. The van der Waals surface area contributed by atoms with E-state index in [0.29, 0.717) is 17.0 Å². The summed E-state index contributed by atoms with van der Waals surface area (Å²) in [6.07, 6.45) is 0. The Kier molecular flexibility index (Phi) is 5.51. The molecule has 0 unspecified atom stereocenters. The molecule has 0 saturated carbocycles. The molecule has 0 aromatic heterocycles. The van der Waals surface area contributed by atoms with Gasteiger partial charge >= 0.3 is 0 Å². The van der Waals surface area contributed by atoms with Gasteiger partial charge in [-0.2, -0.15) is 0 Å². The lowest BCUT2D eigenvalue weighted by atomic mass is 10.1. The van der Waals surface area contributed by atoms with Gasteiger partial charge in [0.25, 0.3) is 10.0 Å². The van der Waals surface area contributed by atoms with Crippen molar-refractivity contribution in [3.8, 4) is 5.75 Å². The summed E-state index contributed by atoms with van der Waals surface area (Å²) < 4.78 is 34.0. The first-order valence-corrected chi connectivity index (χ1v) is 10.1. The summed E-state index contributed by atoms with van der Waals surface area (Å²) >= 11 is 0. The van der Waals surface area contributed by atoms with Gasteiger partial charge in [0.05, 0.1) is 24.2 Å². The van der Waals surface area contributed by atoms with E-state index >= 15 is 0 Å². The van der Waals surface area contributed by atoms with Crippen molar-refractivity contribution in [3.63, 3.8) is 0 Å². The molecule has 0 fully saturated rings. The van der Waals surface area contributed by atoms with E-state index in [1.165, 1.54) is 4.31 Å². The molecule has 3 rings (SSSR count). The fraction of sp³-hybridized carbons (Fsp3) is 0.182. The highest BCUT2D eigenvalue weighted by molar-refractivity contribution is 7.92. The van der Waals surface area contributed by atoms with E-state index in [1.807, 2.05) is 68.4 Å². The van der Waals surface area contributed by atoms with Gasteiger partial charge in [-0.15, -0.1) is 0 Å². The Morgan fingerprint density at radius 3 is 2.04 bits per heavy atom. The first kappa shape index (κ1) is 19.0. The van der Waals surface area contributed by atoms with Crippen LogP contribution in [-0.2, 0) is 16.6 Å². The van der Waals surface area contributed by atoms with Crippen LogP contribution in [0.3, 0.4) is 0 Å². The number of sulfonamides is 1. The van der Waals surface area contributed by atoms with Gasteiger partial charge < -0.3 is 4.74 Å². The highest BCUT2D eigenvalue weighted by Crippen LogP contribution is 2.31. The predicted octanol–water partition coefficient (Wildman–Crippen LogP) is 4.71. The molecule has 0 radical (unpaired) electrons. The van der Waals surface area contributed by atoms with Crippen molar-refractivity contribution in [3.05, 3.63) is 89.5 Å². The number of methoxy groups -OCH3 is 1. The van der Waals surface area contributed by atoms with E-state index in [2.05, 4.69) is 0 Å². The van der Waals surface area contributed by atoms with E-state index in [-0.39, 0.29) is 11.4 Å². The monoisotopic (exact) mass is 381 g/mol. The molecule has 27 heavy (non-hydrogen) atoms. The minimum atomic E-state index is -3.78. The third kappa shape index (κ3) is 3.98. The molecule has 0 heterocycles. The van der Waals surface area contributed by atoms with Gasteiger partial charge in [-0.25, -0.2) is 8.42 Å². The van der Waals surface area contributed by atoms with Crippen LogP contribution in [-0.4, -0.2) is 15.5 Å². The van der Waals surface area contributed by atoms with E-state index in [4.69, 9.17) is 4.74 Å². The second kappa shape index (κ2) is 7.84. The maximum Gasteiger partial charge on any atom is 0.265 e. The van der Waals surface area contributed by atoms with Gasteiger partial charge in [0.2, 0.25) is 0 Å². The van der Waals surface area contributed by atoms with E-state index < -0.39 is 10.0 Å². The Labute approximate surface area is 161 Å². The first-order valence-electron chi connectivity index (χ1n) is 8.70. The maximum absolute atomic E-state index is 13.6. The molecule has 0 amide bonds. The van der Waals surface area contributed by atoms with Crippen LogP contribution in [0.25, 0.3) is 0 Å². The van der Waals surface area contributed by atoms with E-state index in [0.717, 1.165) is 11.1 Å². The first-order chi connectivity index (χ1) is 12.9. The van der Waals surface area contributed by atoms with Gasteiger partial charge in [0.1, 0.15) is 5.75 Å². The molecular weight excluding hydrogens is 358 g/mol. The highest BCUT2D eigenvalue weighted by Gasteiger charge is 2.27. The van der Waals surface area contributed by atoms with Gasteiger partial charge in [-0.1, -0.05) is 54.6 Å². The fourth-order valence-corrected chi connectivity index (χ4v) is 4.77. The molecule has 0 aliphatic carbocycles. The van der Waals surface area contributed by atoms with E-state index in [1.54, 1.807) is 25.3 Å². The summed E-state index contributed by atoms with van der Waals surface area (Å²) in [7, 11) is -2.23. The molecule has 0 bridgehead atoms. The highest BCUT2D eigenvalue weighted by atomic mass is 32.2. The predicted molar refractivity (Wildman–Crippen MR) is 109 cm³/mol. The van der Waals surface area contributed by atoms with Gasteiger partial charge in [-0.05, 0) is 42.7 Å². The van der Waals surface area contributed by atoms with Crippen LogP contribution in [0.2, 0.25) is 0 Å². The molecule has 3 aromatic rings. The third-order valence-electron chi connectivity index (χ3n) is 4.47. The Morgan fingerprint density at radius 1 is 0.852 bits per heavy atom. The zero-order valence-corrected chi connectivity index (χ0v) is 16.5. The molecule has 3 aromatic carbocycles. The van der Waals surface area contributed by atoms with Crippen LogP contribution in [0.1, 0.15) is 16.7 Å². The standard InChI is InChI=1S/C22H23NO3S/c1-17-14-18(2)22(15-21(17)26-3)27(24,25)23(20-12-8-5-9-13-20)16-19-10-6-4-7-11-19/h4-15H,16H2,1-3H3. The summed E-state index contributed by atoms with van der Waals surface area (Å²) in [5.41, 5.74) is 3.15. The molecule has 0 atom stereocenters. The smallest absolute Gasteiger partial charge is 0.265 e. The number of benzene rings is 3. The largest absolute Gasteiger partial charge is 0.496 e. The van der Waals surface area contributed by atoms with Crippen LogP contribution in [0.5, 0.6) is 5.75 Å². The van der Waals surface area contributed by atoms with Crippen molar-refractivity contribution in [1.82, 2.24) is 0 Å². The quantitative estimate of drug-likeness (QED) is 0.621. The normalized spacial score (nSPS) is 11.2. The summed E-state index contributed by atoms with van der Waals surface area (Å²) in [5.74, 6) is 0.562. The number of hydrogen-bond acceptors (Lipinski definition) is 3. The second-order valence-electron chi connectivity index (χ2n) is 6.42. The van der Waals surface area contributed by atoms with Crippen molar-refractivity contribution in [2.45, 2.75) is 25.3 Å². The number of rotatable bonds is 6. The van der Waals surface area contributed by atoms with E-state index in [9.17, 15) is 8.42 Å². The number of para-hydroxylation sites is 1. The van der Waals surface area contributed by atoms with Crippen molar-refractivity contribution >= 4 is 15.7 Å².